The number of anilines is 1. The predicted octanol–water partition coefficient (Wildman–Crippen LogP) is 4.29. The van der Waals surface area contributed by atoms with Gasteiger partial charge in [-0.15, -0.1) is 0 Å². The molecule has 21 heavy (non-hydrogen) atoms. The molecule has 1 N–H and O–H groups in total. The van der Waals surface area contributed by atoms with Gasteiger partial charge in [0.25, 0.3) is 0 Å². The SMILES string of the molecule is CCCNc1cc(-c2ccc(C(F)(F)F)cc2)nc(C)n1. The van der Waals surface area contributed by atoms with Crippen molar-refractivity contribution in [2.75, 3.05) is 11.9 Å². The van der Waals surface area contributed by atoms with E-state index in [1.54, 1.807) is 13.0 Å². The van der Waals surface area contributed by atoms with Gasteiger partial charge in [-0.3, -0.25) is 0 Å². The zero-order valence-electron chi connectivity index (χ0n) is 11.8. The van der Waals surface area contributed by atoms with Crippen LogP contribution in [-0.4, -0.2) is 16.5 Å². The molecule has 0 saturated carbocycles. The van der Waals surface area contributed by atoms with Gasteiger partial charge >= 0.3 is 6.18 Å². The van der Waals surface area contributed by atoms with Crippen molar-refractivity contribution in [3.8, 4) is 11.3 Å². The number of benzene rings is 1. The fourth-order valence-corrected chi connectivity index (χ4v) is 1.89. The third kappa shape index (κ3) is 3.93. The normalized spacial score (nSPS) is 11.5. The molecule has 0 aliphatic heterocycles. The van der Waals surface area contributed by atoms with Crippen molar-refractivity contribution in [1.82, 2.24) is 9.97 Å². The van der Waals surface area contributed by atoms with Gasteiger partial charge in [-0.1, -0.05) is 19.1 Å². The molecule has 0 saturated heterocycles. The summed E-state index contributed by atoms with van der Waals surface area (Å²) in [6.45, 7) is 4.57. The predicted molar refractivity (Wildman–Crippen MR) is 76.0 cm³/mol. The van der Waals surface area contributed by atoms with Gasteiger partial charge in [-0.2, -0.15) is 13.2 Å². The van der Waals surface area contributed by atoms with Gasteiger partial charge in [0, 0.05) is 18.2 Å². The summed E-state index contributed by atoms with van der Waals surface area (Å²) in [4.78, 5) is 8.52. The summed E-state index contributed by atoms with van der Waals surface area (Å²) < 4.78 is 37.7. The average molecular weight is 295 g/mol. The Morgan fingerprint density at radius 3 is 2.33 bits per heavy atom. The molecular formula is C15H16F3N3. The first-order valence-corrected chi connectivity index (χ1v) is 6.67. The third-order valence-electron chi connectivity index (χ3n) is 2.90. The van der Waals surface area contributed by atoms with Gasteiger partial charge in [0.1, 0.15) is 11.6 Å². The quantitative estimate of drug-likeness (QED) is 0.914. The van der Waals surface area contributed by atoms with Crippen LogP contribution in [0.5, 0.6) is 0 Å². The molecule has 6 heteroatoms. The first-order valence-electron chi connectivity index (χ1n) is 6.67. The highest BCUT2D eigenvalue weighted by Crippen LogP contribution is 2.30. The number of aryl methyl sites for hydroxylation is 1. The van der Waals surface area contributed by atoms with E-state index in [9.17, 15) is 13.2 Å². The molecule has 1 aromatic heterocycles. The fraction of sp³-hybridized carbons (Fsp3) is 0.333. The van der Waals surface area contributed by atoms with E-state index in [2.05, 4.69) is 15.3 Å². The lowest BCUT2D eigenvalue weighted by Gasteiger charge is -2.09. The Hall–Kier alpha value is -2.11. The van der Waals surface area contributed by atoms with Crippen LogP contribution in [0.4, 0.5) is 19.0 Å². The minimum atomic E-state index is -4.33. The zero-order valence-corrected chi connectivity index (χ0v) is 11.8. The molecule has 0 amide bonds. The van der Waals surface area contributed by atoms with Crippen molar-refractivity contribution < 1.29 is 13.2 Å². The van der Waals surface area contributed by atoms with Crippen molar-refractivity contribution in [1.29, 1.82) is 0 Å². The Morgan fingerprint density at radius 1 is 1.10 bits per heavy atom. The van der Waals surface area contributed by atoms with E-state index in [-0.39, 0.29) is 0 Å². The average Bonchev–Trinajstić information content (AvgIpc) is 2.44. The van der Waals surface area contributed by atoms with Crippen LogP contribution in [0.1, 0.15) is 24.7 Å². The van der Waals surface area contributed by atoms with Gasteiger partial charge in [0.2, 0.25) is 0 Å². The molecule has 0 aliphatic carbocycles. The molecule has 0 aliphatic rings. The number of hydrogen-bond donors (Lipinski definition) is 1. The van der Waals surface area contributed by atoms with E-state index in [0.717, 1.165) is 25.1 Å². The van der Waals surface area contributed by atoms with E-state index in [1.165, 1.54) is 12.1 Å². The van der Waals surface area contributed by atoms with Crippen LogP contribution >= 0.6 is 0 Å². The largest absolute Gasteiger partial charge is 0.416 e. The Kier molecular flexibility index (Phi) is 4.45. The maximum absolute atomic E-state index is 12.6. The molecule has 0 spiro atoms. The number of nitrogens with one attached hydrogen (secondary N) is 1. The molecule has 3 nitrogen and oxygen atoms in total. The first kappa shape index (κ1) is 15.3. The zero-order chi connectivity index (χ0) is 15.5. The van der Waals surface area contributed by atoms with Crippen molar-refractivity contribution in [3.05, 3.63) is 41.7 Å². The number of aromatic nitrogens is 2. The number of halogens is 3. The first-order chi connectivity index (χ1) is 9.90. The molecule has 112 valence electrons. The van der Waals surface area contributed by atoms with Crippen LogP contribution in [0, 0.1) is 6.92 Å². The molecule has 0 unspecified atom stereocenters. The lowest BCUT2D eigenvalue weighted by molar-refractivity contribution is -0.137. The highest BCUT2D eigenvalue weighted by atomic mass is 19.4. The fourth-order valence-electron chi connectivity index (χ4n) is 1.89. The minimum Gasteiger partial charge on any atom is -0.370 e. The van der Waals surface area contributed by atoms with Crippen LogP contribution in [-0.2, 0) is 6.18 Å². The molecule has 1 heterocycles. The Balaban J connectivity index is 2.31. The van der Waals surface area contributed by atoms with Gasteiger partial charge in [0.05, 0.1) is 11.3 Å². The van der Waals surface area contributed by atoms with Crippen LogP contribution in [0.25, 0.3) is 11.3 Å². The maximum Gasteiger partial charge on any atom is 0.416 e. The molecule has 0 fully saturated rings. The van der Waals surface area contributed by atoms with Crippen LogP contribution in [0.15, 0.2) is 30.3 Å². The number of alkyl halides is 3. The van der Waals surface area contributed by atoms with E-state index in [0.29, 0.717) is 22.9 Å². The number of hydrogen-bond acceptors (Lipinski definition) is 3. The molecule has 1 aromatic carbocycles. The van der Waals surface area contributed by atoms with E-state index in [4.69, 9.17) is 0 Å². The Bertz CT molecular complexity index is 607. The second-order valence-corrected chi connectivity index (χ2v) is 4.69. The van der Waals surface area contributed by atoms with Gasteiger partial charge < -0.3 is 5.32 Å². The maximum atomic E-state index is 12.6. The van der Waals surface area contributed by atoms with Crippen molar-refractivity contribution in [3.63, 3.8) is 0 Å². The summed E-state index contributed by atoms with van der Waals surface area (Å²) in [5.74, 6) is 1.25. The van der Waals surface area contributed by atoms with E-state index in [1.807, 2.05) is 6.92 Å². The molecule has 2 rings (SSSR count). The van der Waals surface area contributed by atoms with Gasteiger partial charge in [0.15, 0.2) is 0 Å². The van der Waals surface area contributed by atoms with Gasteiger partial charge in [-0.05, 0) is 25.5 Å². The van der Waals surface area contributed by atoms with Crippen molar-refractivity contribution >= 4 is 5.82 Å². The third-order valence-corrected chi connectivity index (χ3v) is 2.90. The second kappa shape index (κ2) is 6.11. The molecule has 0 atom stereocenters. The van der Waals surface area contributed by atoms with Crippen LogP contribution in [0.3, 0.4) is 0 Å². The topological polar surface area (TPSA) is 37.8 Å². The lowest BCUT2D eigenvalue weighted by Crippen LogP contribution is -2.05. The minimum absolute atomic E-state index is 0.575. The van der Waals surface area contributed by atoms with Crippen LogP contribution < -0.4 is 5.32 Å². The summed E-state index contributed by atoms with van der Waals surface area (Å²) in [7, 11) is 0. The van der Waals surface area contributed by atoms with Gasteiger partial charge in [-0.25, -0.2) is 9.97 Å². The highest BCUT2D eigenvalue weighted by Gasteiger charge is 2.30. The van der Waals surface area contributed by atoms with Crippen molar-refractivity contribution in [2.45, 2.75) is 26.4 Å². The highest BCUT2D eigenvalue weighted by molar-refractivity contribution is 5.63. The summed E-state index contributed by atoms with van der Waals surface area (Å²) in [5, 5.41) is 3.15. The number of nitrogens with zero attached hydrogens (tertiary/aromatic N) is 2. The molecular weight excluding hydrogens is 279 g/mol. The molecule has 2 aromatic rings. The molecule has 0 radical (unpaired) electrons. The monoisotopic (exact) mass is 295 g/mol. The van der Waals surface area contributed by atoms with E-state index < -0.39 is 11.7 Å². The smallest absolute Gasteiger partial charge is 0.370 e. The van der Waals surface area contributed by atoms with E-state index >= 15 is 0 Å². The lowest BCUT2D eigenvalue weighted by atomic mass is 10.1. The standard InChI is InChI=1S/C15H16F3N3/c1-3-8-19-14-9-13(20-10(2)21-14)11-4-6-12(7-5-11)15(16,17)18/h4-7,9H,3,8H2,1-2H3,(H,19,20,21). The second-order valence-electron chi connectivity index (χ2n) is 4.69. The van der Waals surface area contributed by atoms with Crippen molar-refractivity contribution in [2.24, 2.45) is 0 Å². The Morgan fingerprint density at radius 2 is 1.76 bits per heavy atom. The summed E-state index contributed by atoms with van der Waals surface area (Å²) in [5.41, 5.74) is 0.573. The summed E-state index contributed by atoms with van der Waals surface area (Å²) >= 11 is 0. The molecule has 0 bridgehead atoms. The van der Waals surface area contributed by atoms with Crippen LogP contribution in [0.2, 0.25) is 0 Å². The number of rotatable bonds is 4. The Labute approximate surface area is 121 Å². The summed E-state index contributed by atoms with van der Waals surface area (Å²) in [6, 6.07) is 6.71. The summed E-state index contributed by atoms with van der Waals surface area (Å²) in [6.07, 6.45) is -3.37.